The number of aromatic nitrogens is 1. The van der Waals surface area contributed by atoms with Gasteiger partial charge in [0.2, 0.25) is 0 Å². The molecule has 0 atom stereocenters. The fourth-order valence-electron chi connectivity index (χ4n) is 0.887. The van der Waals surface area contributed by atoms with Gasteiger partial charge in [0.1, 0.15) is 0 Å². The zero-order valence-electron chi connectivity index (χ0n) is 7.03. The molecule has 0 bridgehead atoms. The molecule has 0 aliphatic heterocycles. The molecule has 0 radical (unpaired) electrons. The average Bonchev–Trinajstić information content (AvgIpc) is 2.57. The Morgan fingerprint density at radius 2 is 2.42 bits per heavy atom. The second-order valence-corrected chi connectivity index (χ2v) is 3.41. The number of nitrogens with zero attached hydrogens (tertiary/aromatic N) is 1. The number of aryl methyl sites for hydroxylation is 1. The Bertz CT molecular complexity index is 189. The van der Waals surface area contributed by atoms with E-state index in [1.807, 2.05) is 11.6 Å². The smallest absolute Gasteiger partial charge is 0.0925 e. The minimum absolute atomic E-state index is 0.608. The summed E-state index contributed by atoms with van der Waals surface area (Å²) in [6.45, 7) is 2.06. The van der Waals surface area contributed by atoms with E-state index in [1.54, 1.807) is 11.3 Å². The van der Waals surface area contributed by atoms with Crippen LogP contribution in [0, 0.1) is 0 Å². The largest absolute Gasteiger partial charge is 0.380 e. The van der Waals surface area contributed by atoms with Crippen LogP contribution in [0.4, 0.5) is 0 Å². The van der Waals surface area contributed by atoms with Crippen molar-refractivity contribution in [3.63, 3.8) is 0 Å². The third kappa shape index (κ3) is 3.80. The summed E-state index contributed by atoms with van der Waals surface area (Å²) in [7, 11) is 0. The lowest BCUT2D eigenvalue weighted by atomic mass is 10.3. The highest BCUT2D eigenvalue weighted by molar-refractivity contribution is 7.09. The molecule has 0 saturated carbocycles. The van der Waals surface area contributed by atoms with Gasteiger partial charge in [0.25, 0.3) is 0 Å². The molecule has 12 heavy (non-hydrogen) atoms. The quantitative estimate of drug-likeness (QED) is 0.676. The van der Waals surface area contributed by atoms with Crippen molar-refractivity contribution in [2.45, 2.75) is 12.8 Å². The van der Waals surface area contributed by atoms with E-state index >= 15 is 0 Å². The molecule has 0 saturated heterocycles. The van der Waals surface area contributed by atoms with Gasteiger partial charge in [-0.1, -0.05) is 0 Å². The van der Waals surface area contributed by atoms with Gasteiger partial charge in [-0.05, 0) is 6.42 Å². The number of rotatable bonds is 6. The van der Waals surface area contributed by atoms with Crippen LogP contribution < -0.4 is 5.73 Å². The second-order valence-electron chi connectivity index (χ2n) is 2.43. The van der Waals surface area contributed by atoms with E-state index in [2.05, 4.69) is 4.98 Å². The maximum Gasteiger partial charge on any atom is 0.0925 e. The summed E-state index contributed by atoms with van der Waals surface area (Å²) in [5.74, 6) is 0. The Labute approximate surface area is 76.6 Å². The van der Waals surface area contributed by atoms with Crippen LogP contribution in [-0.2, 0) is 11.2 Å². The molecule has 0 spiro atoms. The van der Waals surface area contributed by atoms with E-state index in [1.165, 1.54) is 5.01 Å². The fourth-order valence-corrected chi connectivity index (χ4v) is 1.55. The van der Waals surface area contributed by atoms with Crippen molar-refractivity contribution in [1.29, 1.82) is 0 Å². The molecular formula is C8H14N2OS. The molecule has 0 unspecified atom stereocenters. The second kappa shape index (κ2) is 6.11. The number of nitrogens with two attached hydrogens (primary N) is 1. The van der Waals surface area contributed by atoms with Crippen molar-refractivity contribution in [1.82, 2.24) is 4.98 Å². The van der Waals surface area contributed by atoms with Crippen molar-refractivity contribution < 1.29 is 4.74 Å². The molecule has 3 nitrogen and oxygen atoms in total. The van der Waals surface area contributed by atoms with Gasteiger partial charge in [-0.3, -0.25) is 0 Å². The van der Waals surface area contributed by atoms with Gasteiger partial charge in [-0.2, -0.15) is 0 Å². The third-order valence-corrected chi connectivity index (χ3v) is 2.26. The topological polar surface area (TPSA) is 48.1 Å². The van der Waals surface area contributed by atoms with Crippen LogP contribution in [0.15, 0.2) is 11.6 Å². The zero-order valence-corrected chi connectivity index (χ0v) is 7.85. The number of hydrogen-bond acceptors (Lipinski definition) is 4. The van der Waals surface area contributed by atoms with Gasteiger partial charge >= 0.3 is 0 Å². The highest BCUT2D eigenvalue weighted by Crippen LogP contribution is 2.06. The normalized spacial score (nSPS) is 10.4. The predicted octanol–water partition coefficient (Wildman–Crippen LogP) is 1.05. The minimum Gasteiger partial charge on any atom is -0.380 e. The Morgan fingerprint density at radius 1 is 1.50 bits per heavy atom. The lowest BCUT2D eigenvalue weighted by Gasteiger charge is -1.99. The molecule has 0 aromatic carbocycles. The van der Waals surface area contributed by atoms with Crippen LogP contribution >= 0.6 is 11.3 Å². The van der Waals surface area contributed by atoms with E-state index in [0.29, 0.717) is 13.2 Å². The standard InChI is InChI=1S/C8H14N2OS/c9-3-6-11-5-1-2-8-10-4-7-12-8/h4,7H,1-3,5-6,9H2. The zero-order chi connectivity index (χ0) is 8.65. The number of thiazole rings is 1. The van der Waals surface area contributed by atoms with Crippen LogP contribution in [0.2, 0.25) is 0 Å². The molecule has 0 amide bonds. The van der Waals surface area contributed by atoms with Crippen LogP contribution in [0.5, 0.6) is 0 Å². The number of hydrogen-bond donors (Lipinski definition) is 1. The van der Waals surface area contributed by atoms with Gasteiger partial charge < -0.3 is 10.5 Å². The van der Waals surface area contributed by atoms with Gasteiger partial charge in [0.15, 0.2) is 0 Å². The van der Waals surface area contributed by atoms with Crippen LogP contribution in [-0.4, -0.2) is 24.7 Å². The molecule has 68 valence electrons. The Kier molecular flexibility index (Phi) is 4.91. The Hall–Kier alpha value is -0.450. The van der Waals surface area contributed by atoms with Crippen LogP contribution in [0.25, 0.3) is 0 Å². The van der Waals surface area contributed by atoms with Crippen LogP contribution in [0.1, 0.15) is 11.4 Å². The maximum absolute atomic E-state index is 5.27. The Balaban J connectivity index is 1.96. The van der Waals surface area contributed by atoms with E-state index in [-0.39, 0.29) is 0 Å². The summed E-state index contributed by atoms with van der Waals surface area (Å²) in [6, 6.07) is 0. The van der Waals surface area contributed by atoms with Crippen molar-refractivity contribution in [2.75, 3.05) is 19.8 Å². The SMILES string of the molecule is NCCOCCCc1nccs1. The first-order valence-corrected chi connectivity index (χ1v) is 4.97. The summed E-state index contributed by atoms with van der Waals surface area (Å²) in [4.78, 5) is 4.17. The van der Waals surface area contributed by atoms with Gasteiger partial charge in [-0.15, -0.1) is 11.3 Å². The number of ether oxygens (including phenoxy) is 1. The highest BCUT2D eigenvalue weighted by atomic mass is 32.1. The molecule has 1 heterocycles. The van der Waals surface area contributed by atoms with Crippen molar-refractivity contribution in [2.24, 2.45) is 5.73 Å². The summed E-state index contributed by atoms with van der Waals surface area (Å²) >= 11 is 1.70. The molecule has 2 N–H and O–H groups in total. The third-order valence-electron chi connectivity index (χ3n) is 1.42. The summed E-state index contributed by atoms with van der Waals surface area (Å²) in [5.41, 5.74) is 5.27. The lowest BCUT2D eigenvalue weighted by Crippen LogP contribution is -2.09. The first kappa shape index (κ1) is 9.64. The molecule has 1 rings (SSSR count). The minimum atomic E-state index is 0.608. The monoisotopic (exact) mass is 186 g/mol. The molecule has 1 aromatic heterocycles. The first-order valence-electron chi connectivity index (χ1n) is 4.09. The maximum atomic E-state index is 5.27. The average molecular weight is 186 g/mol. The van der Waals surface area contributed by atoms with Crippen molar-refractivity contribution in [3.8, 4) is 0 Å². The summed E-state index contributed by atoms with van der Waals surface area (Å²) < 4.78 is 5.23. The van der Waals surface area contributed by atoms with Gasteiger partial charge in [0.05, 0.1) is 11.6 Å². The predicted molar refractivity (Wildman–Crippen MR) is 50.3 cm³/mol. The van der Waals surface area contributed by atoms with Crippen molar-refractivity contribution in [3.05, 3.63) is 16.6 Å². The molecule has 1 aromatic rings. The fraction of sp³-hybridized carbons (Fsp3) is 0.625. The van der Waals surface area contributed by atoms with E-state index in [0.717, 1.165) is 19.4 Å². The molecule has 0 aliphatic carbocycles. The molecule has 4 heteroatoms. The van der Waals surface area contributed by atoms with E-state index in [9.17, 15) is 0 Å². The highest BCUT2D eigenvalue weighted by Gasteiger charge is 1.94. The summed E-state index contributed by atoms with van der Waals surface area (Å²) in [5, 5.41) is 3.18. The van der Waals surface area contributed by atoms with E-state index < -0.39 is 0 Å². The van der Waals surface area contributed by atoms with Crippen LogP contribution in [0.3, 0.4) is 0 Å². The summed E-state index contributed by atoms with van der Waals surface area (Å²) in [6.07, 6.45) is 3.89. The van der Waals surface area contributed by atoms with Gasteiger partial charge in [0, 0.05) is 31.1 Å². The molecule has 0 fully saturated rings. The molecule has 0 aliphatic rings. The van der Waals surface area contributed by atoms with E-state index in [4.69, 9.17) is 10.5 Å². The van der Waals surface area contributed by atoms with Gasteiger partial charge in [-0.25, -0.2) is 4.98 Å². The first-order chi connectivity index (χ1) is 5.93. The Morgan fingerprint density at radius 3 is 3.08 bits per heavy atom. The lowest BCUT2D eigenvalue weighted by molar-refractivity contribution is 0.139. The molecular weight excluding hydrogens is 172 g/mol. The van der Waals surface area contributed by atoms with Crippen molar-refractivity contribution >= 4 is 11.3 Å².